The van der Waals surface area contributed by atoms with Crippen molar-refractivity contribution in [3.05, 3.63) is 41.7 Å². The predicted octanol–water partition coefficient (Wildman–Crippen LogP) is 4.55. The summed E-state index contributed by atoms with van der Waals surface area (Å²) in [6, 6.07) is 9.93. The van der Waals surface area contributed by atoms with Gasteiger partial charge < -0.3 is 0 Å². The number of rotatable bonds is 5. The zero-order valence-electron chi connectivity index (χ0n) is 11.7. The Kier molecular flexibility index (Phi) is 4.64. The van der Waals surface area contributed by atoms with E-state index in [2.05, 4.69) is 32.9 Å². The zero-order chi connectivity index (χ0) is 14.8. The Balaban J connectivity index is 1.84. The molecule has 3 rings (SSSR count). The molecule has 3 nitrogen and oxygen atoms in total. The highest BCUT2D eigenvalue weighted by Gasteiger charge is 2.35. The van der Waals surface area contributed by atoms with Crippen LogP contribution in [-0.2, 0) is 0 Å². The minimum Gasteiger partial charge on any atom is -0.239 e. The van der Waals surface area contributed by atoms with Gasteiger partial charge in [0.25, 0.3) is 0 Å². The van der Waals surface area contributed by atoms with Gasteiger partial charge in [0.05, 0.1) is 6.04 Å². The largest absolute Gasteiger partial charge is 0.239 e. The first-order valence-electron chi connectivity index (χ1n) is 7.07. The quantitative estimate of drug-likeness (QED) is 0.572. The third-order valence-electron chi connectivity index (χ3n) is 3.65. The van der Waals surface area contributed by atoms with Gasteiger partial charge in [-0.1, -0.05) is 64.9 Å². The fourth-order valence-electron chi connectivity index (χ4n) is 2.55. The van der Waals surface area contributed by atoms with Crippen LogP contribution in [0.3, 0.4) is 0 Å². The van der Waals surface area contributed by atoms with Crippen LogP contribution in [0.2, 0.25) is 0 Å². The Morgan fingerprint density at radius 2 is 2.19 bits per heavy atom. The Hall–Kier alpha value is -0.880. The molecule has 1 aliphatic rings. The minimum atomic E-state index is -1.02. The van der Waals surface area contributed by atoms with Crippen molar-refractivity contribution in [2.75, 3.05) is 5.33 Å². The molecule has 21 heavy (non-hydrogen) atoms. The average molecular weight is 370 g/mol. The Morgan fingerprint density at radius 3 is 2.90 bits per heavy atom. The van der Waals surface area contributed by atoms with E-state index >= 15 is 0 Å². The van der Waals surface area contributed by atoms with Crippen molar-refractivity contribution in [1.29, 1.82) is 0 Å². The summed E-state index contributed by atoms with van der Waals surface area (Å²) < 4.78 is 16.0. The molecule has 1 aliphatic heterocycles. The van der Waals surface area contributed by atoms with Gasteiger partial charge in [0.2, 0.25) is 5.16 Å². The van der Waals surface area contributed by atoms with Gasteiger partial charge in [-0.25, -0.2) is 14.1 Å². The van der Waals surface area contributed by atoms with Gasteiger partial charge in [-0.2, -0.15) is 0 Å². The van der Waals surface area contributed by atoms with Crippen molar-refractivity contribution in [3.8, 4) is 0 Å². The van der Waals surface area contributed by atoms with Crippen LogP contribution in [0.4, 0.5) is 4.39 Å². The van der Waals surface area contributed by atoms with Crippen LogP contribution in [0.1, 0.15) is 43.4 Å². The number of alkyl halides is 2. The maximum atomic E-state index is 14.2. The van der Waals surface area contributed by atoms with Crippen LogP contribution in [0.15, 0.2) is 35.5 Å². The first-order chi connectivity index (χ1) is 10.2. The Morgan fingerprint density at radius 1 is 1.43 bits per heavy atom. The van der Waals surface area contributed by atoms with Crippen molar-refractivity contribution in [2.24, 2.45) is 0 Å². The number of fused-ring (bicyclic) bond motifs is 1. The molecular formula is C15H17BrFN3S. The first-order valence-corrected chi connectivity index (χ1v) is 9.07. The summed E-state index contributed by atoms with van der Waals surface area (Å²) in [5.74, 6) is 0.470. The van der Waals surface area contributed by atoms with Crippen LogP contribution in [-0.4, -0.2) is 25.3 Å². The number of hydrogen-bond donors (Lipinski definition) is 0. The molecule has 112 valence electrons. The number of thioether (sulfide) groups is 1. The van der Waals surface area contributed by atoms with Crippen molar-refractivity contribution in [3.63, 3.8) is 0 Å². The average Bonchev–Trinajstić information content (AvgIpc) is 3.01. The summed E-state index contributed by atoms with van der Waals surface area (Å²) >= 11 is 5.05. The fraction of sp³-hybridized carbons (Fsp3) is 0.467. The summed E-state index contributed by atoms with van der Waals surface area (Å²) in [5, 5.41) is 6.59. The summed E-state index contributed by atoms with van der Waals surface area (Å²) in [4.78, 5) is 4.39. The van der Waals surface area contributed by atoms with E-state index in [-0.39, 0.29) is 6.04 Å². The van der Waals surface area contributed by atoms with Crippen LogP contribution in [0.25, 0.3) is 0 Å². The highest BCUT2D eigenvalue weighted by Crippen LogP contribution is 2.40. The van der Waals surface area contributed by atoms with E-state index in [4.69, 9.17) is 0 Å². The van der Waals surface area contributed by atoms with Gasteiger partial charge >= 0.3 is 0 Å². The van der Waals surface area contributed by atoms with Crippen LogP contribution < -0.4 is 0 Å². The van der Waals surface area contributed by atoms with Crippen LogP contribution in [0, 0.1) is 0 Å². The van der Waals surface area contributed by atoms with E-state index in [1.807, 2.05) is 30.3 Å². The normalized spacial score (nSPS) is 22.2. The van der Waals surface area contributed by atoms with Crippen molar-refractivity contribution >= 4 is 27.7 Å². The molecule has 0 fully saturated rings. The lowest BCUT2D eigenvalue weighted by atomic mass is 10.0. The first kappa shape index (κ1) is 15.0. The van der Waals surface area contributed by atoms with Gasteiger partial charge in [-0.15, -0.1) is 5.10 Å². The molecule has 2 aromatic rings. The smallest absolute Gasteiger partial charge is 0.209 e. The molecule has 0 saturated heterocycles. The van der Waals surface area contributed by atoms with Gasteiger partial charge in [-0.05, 0) is 12.0 Å². The lowest BCUT2D eigenvalue weighted by molar-refractivity contribution is 0.327. The second kappa shape index (κ2) is 6.48. The molecule has 0 aliphatic carbocycles. The SMILES string of the molecule is CC(CCBr)Sc1nc2n(n1)[C@H](c1ccccc1)C[C@@H]2F. The maximum absolute atomic E-state index is 14.2. The maximum Gasteiger partial charge on any atom is 0.209 e. The van der Waals surface area contributed by atoms with E-state index in [1.165, 1.54) is 0 Å². The third kappa shape index (κ3) is 3.16. The standard InChI is InChI=1S/C15H17BrFN3S/c1-10(7-8-16)21-15-18-14-12(17)9-13(20(14)19-15)11-5-3-2-4-6-11/h2-6,10,12-13H,7-9H2,1H3/t10?,12-,13-/m0/s1. The lowest BCUT2D eigenvalue weighted by Crippen LogP contribution is -2.07. The molecule has 0 N–H and O–H groups in total. The zero-order valence-corrected chi connectivity index (χ0v) is 14.1. The minimum absolute atomic E-state index is 0.0375. The van der Waals surface area contributed by atoms with Crippen molar-refractivity contribution in [1.82, 2.24) is 14.8 Å². The Labute approximate surface area is 136 Å². The molecule has 0 saturated carbocycles. The van der Waals surface area contributed by atoms with E-state index in [1.54, 1.807) is 16.4 Å². The van der Waals surface area contributed by atoms with Crippen molar-refractivity contribution in [2.45, 2.75) is 42.4 Å². The molecule has 1 aromatic carbocycles. The number of nitrogens with zero attached hydrogens (tertiary/aromatic N) is 3. The summed E-state index contributed by atoms with van der Waals surface area (Å²) in [6.07, 6.45) is 0.445. The van der Waals surface area contributed by atoms with E-state index < -0.39 is 6.17 Å². The highest BCUT2D eigenvalue weighted by molar-refractivity contribution is 9.09. The van der Waals surface area contributed by atoms with Crippen molar-refractivity contribution < 1.29 is 4.39 Å². The summed E-state index contributed by atoms with van der Waals surface area (Å²) in [5.41, 5.74) is 1.09. The third-order valence-corrected chi connectivity index (χ3v) is 5.13. The number of halogens is 2. The number of aromatic nitrogens is 3. The van der Waals surface area contributed by atoms with Crippen LogP contribution >= 0.6 is 27.7 Å². The molecule has 2 heterocycles. The molecular weight excluding hydrogens is 353 g/mol. The molecule has 6 heteroatoms. The molecule has 0 radical (unpaired) electrons. The van der Waals surface area contributed by atoms with Crippen LogP contribution in [0.5, 0.6) is 0 Å². The second-order valence-corrected chi connectivity index (χ2v) is 7.43. The molecule has 0 bridgehead atoms. The fourth-order valence-corrected chi connectivity index (χ4v) is 4.42. The predicted molar refractivity (Wildman–Crippen MR) is 86.8 cm³/mol. The molecule has 3 atom stereocenters. The summed E-state index contributed by atoms with van der Waals surface area (Å²) in [6.45, 7) is 2.14. The van der Waals surface area contributed by atoms with Gasteiger partial charge in [0.15, 0.2) is 12.0 Å². The highest BCUT2D eigenvalue weighted by atomic mass is 79.9. The molecule has 0 spiro atoms. The number of hydrogen-bond acceptors (Lipinski definition) is 3. The molecule has 0 amide bonds. The van der Waals surface area contributed by atoms with Gasteiger partial charge in [0.1, 0.15) is 0 Å². The lowest BCUT2D eigenvalue weighted by Gasteiger charge is -2.11. The van der Waals surface area contributed by atoms with Gasteiger partial charge in [-0.3, -0.25) is 0 Å². The Bertz CT molecular complexity index is 604. The van der Waals surface area contributed by atoms with E-state index in [0.29, 0.717) is 22.7 Å². The van der Waals surface area contributed by atoms with E-state index in [9.17, 15) is 4.39 Å². The van der Waals surface area contributed by atoms with Gasteiger partial charge in [0, 0.05) is 17.0 Å². The molecule has 1 aromatic heterocycles. The molecule has 1 unspecified atom stereocenters. The number of benzene rings is 1. The second-order valence-electron chi connectivity index (χ2n) is 5.23. The summed E-state index contributed by atoms with van der Waals surface area (Å²) in [7, 11) is 0. The monoisotopic (exact) mass is 369 g/mol. The van der Waals surface area contributed by atoms with E-state index in [0.717, 1.165) is 17.3 Å². The topological polar surface area (TPSA) is 30.7 Å².